The van der Waals surface area contributed by atoms with Gasteiger partial charge in [0.1, 0.15) is 11.5 Å². The fraction of sp³-hybridized carbons (Fsp3) is 0.211. The van der Waals surface area contributed by atoms with Gasteiger partial charge in [-0.2, -0.15) is 0 Å². The molecule has 0 unspecified atom stereocenters. The van der Waals surface area contributed by atoms with Crippen LogP contribution in [-0.4, -0.2) is 20.1 Å². The number of methoxy groups -OCH3 is 2. The van der Waals surface area contributed by atoms with Crippen LogP contribution < -0.4 is 14.4 Å². The van der Waals surface area contributed by atoms with Crippen molar-refractivity contribution < 1.29 is 14.3 Å². The summed E-state index contributed by atoms with van der Waals surface area (Å²) in [5.74, 6) is 1.42. The Labute approximate surface area is 135 Å². The van der Waals surface area contributed by atoms with Crippen molar-refractivity contribution in [3.63, 3.8) is 0 Å². The molecule has 0 N–H and O–H groups in total. The second-order valence-electron chi connectivity index (χ2n) is 5.39. The van der Waals surface area contributed by atoms with Gasteiger partial charge in [0.05, 0.1) is 26.2 Å². The van der Waals surface area contributed by atoms with Crippen molar-refractivity contribution in [2.24, 2.45) is 5.92 Å². The number of ether oxygens (including phenoxy) is 2. The van der Waals surface area contributed by atoms with Gasteiger partial charge >= 0.3 is 0 Å². The highest BCUT2D eigenvalue weighted by molar-refractivity contribution is 6.04. The van der Waals surface area contributed by atoms with Crippen LogP contribution in [0.2, 0.25) is 0 Å². The summed E-state index contributed by atoms with van der Waals surface area (Å²) >= 11 is 0. The van der Waals surface area contributed by atoms with E-state index in [9.17, 15) is 4.79 Å². The minimum atomic E-state index is -0.203. The summed E-state index contributed by atoms with van der Waals surface area (Å²) in [4.78, 5) is 14.3. The van der Waals surface area contributed by atoms with Crippen molar-refractivity contribution in [2.45, 2.75) is 6.04 Å². The summed E-state index contributed by atoms with van der Waals surface area (Å²) in [6, 6.07) is 15.3. The number of β-lactam (4-membered cyclic amide) rings is 1. The van der Waals surface area contributed by atoms with Gasteiger partial charge in [0, 0.05) is 5.69 Å². The lowest BCUT2D eigenvalue weighted by Crippen LogP contribution is -2.54. The Morgan fingerprint density at radius 1 is 0.957 bits per heavy atom. The number of carbonyl (C=O) groups is 1. The van der Waals surface area contributed by atoms with E-state index >= 15 is 0 Å². The second-order valence-corrected chi connectivity index (χ2v) is 5.39. The molecule has 0 aromatic heterocycles. The molecule has 1 amide bonds. The first-order valence-electron chi connectivity index (χ1n) is 7.43. The number of anilines is 1. The summed E-state index contributed by atoms with van der Waals surface area (Å²) in [6.45, 7) is 3.81. The molecule has 118 valence electrons. The van der Waals surface area contributed by atoms with Gasteiger partial charge in [-0.1, -0.05) is 18.2 Å². The van der Waals surface area contributed by atoms with E-state index in [2.05, 4.69) is 6.58 Å². The highest BCUT2D eigenvalue weighted by Gasteiger charge is 2.46. The molecule has 4 nitrogen and oxygen atoms in total. The van der Waals surface area contributed by atoms with Gasteiger partial charge in [-0.3, -0.25) is 4.79 Å². The maximum Gasteiger partial charge on any atom is 0.236 e. The van der Waals surface area contributed by atoms with E-state index in [-0.39, 0.29) is 17.9 Å². The topological polar surface area (TPSA) is 38.8 Å². The highest BCUT2D eigenvalue weighted by atomic mass is 16.5. The molecule has 0 aliphatic carbocycles. The zero-order valence-corrected chi connectivity index (χ0v) is 13.2. The number of hydrogen-bond acceptors (Lipinski definition) is 3. The average molecular weight is 309 g/mol. The van der Waals surface area contributed by atoms with Crippen LogP contribution in [0, 0.1) is 5.92 Å². The average Bonchev–Trinajstić information content (AvgIpc) is 2.61. The number of amides is 1. The van der Waals surface area contributed by atoms with Crippen molar-refractivity contribution in [1.29, 1.82) is 0 Å². The fourth-order valence-electron chi connectivity index (χ4n) is 2.93. The Morgan fingerprint density at radius 2 is 1.48 bits per heavy atom. The van der Waals surface area contributed by atoms with Gasteiger partial charge in [-0.05, 0) is 42.0 Å². The molecule has 23 heavy (non-hydrogen) atoms. The molecular formula is C19H19NO3. The van der Waals surface area contributed by atoms with Crippen LogP contribution >= 0.6 is 0 Å². The molecule has 1 fully saturated rings. The Kier molecular flexibility index (Phi) is 4.06. The Bertz CT molecular complexity index is 706. The molecule has 2 atom stereocenters. The molecule has 1 aliphatic heterocycles. The van der Waals surface area contributed by atoms with Crippen molar-refractivity contribution in [1.82, 2.24) is 0 Å². The lowest BCUT2D eigenvalue weighted by atomic mass is 9.82. The summed E-state index contributed by atoms with van der Waals surface area (Å²) in [7, 11) is 3.26. The Hall–Kier alpha value is -2.75. The molecule has 0 radical (unpaired) electrons. The molecule has 0 saturated carbocycles. The van der Waals surface area contributed by atoms with Crippen molar-refractivity contribution >= 4 is 11.6 Å². The van der Waals surface area contributed by atoms with Gasteiger partial charge in [0.15, 0.2) is 0 Å². The van der Waals surface area contributed by atoms with Gasteiger partial charge < -0.3 is 14.4 Å². The molecule has 1 aliphatic rings. The minimum absolute atomic E-state index is 0.0423. The van der Waals surface area contributed by atoms with E-state index in [0.717, 1.165) is 22.7 Å². The van der Waals surface area contributed by atoms with Crippen molar-refractivity contribution in [3.8, 4) is 11.5 Å². The van der Waals surface area contributed by atoms with Crippen LogP contribution in [0.25, 0.3) is 0 Å². The van der Waals surface area contributed by atoms with Crippen molar-refractivity contribution in [2.75, 3.05) is 19.1 Å². The van der Waals surface area contributed by atoms with Crippen LogP contribution in [0.3, 0.4) is 0 Å². The van der Waals surface area contributed by atoms with E-state index in [4.69, 9.17) is 9.47 Å². The predicted octanol–water partition coefficient (Wildman–Crippen LogP) is 3.59. The van der Waals surface area contributed by atoms with Crippen LogP contribution in [-0.2, 0) is 4.79 Å². The number of nitrogens with zero attached hydrogens (tertiary/aromatic N) is 1. The summed E-state index contributed by atoms with van der Waals surface area (Å²) in [5.41, 5.74) is 1.92. The fourth-order valence-corrected chi connectivity index (χ4v) is 2.93. The zero-order chi connectivity index (χ0) is 16.4. The lowest BCUT2D eigenvalue weighted by Gasteiger charge is -2.46. The maximum absolute atomic E-state index is 12.5. The second kappa shape index (κ2) is 6.16. The standard InChI is InChI=1S/C19H19NO3/c1-4-17-18(13-5-9-15(22-2)10-6-13)20(19(17)21)14-7-11-16(23-3)12-8-14/h4-12,17-18H,1H2,2-3H3/t17-,18-/m1/s1. The van der Waals surface area contributed by atoms with E-state index < -0.39 is 0 Å². The molecule has 2 aromatic carbocycles. The van der Waals surface area contributed by atoms with Crippen LogP contribution in [0.15, 0.2) is 61.2 Å². The SMILES string of the molecule is C=C[C@H]1C(=O)N(c2ccc(OC)cc2)[C@@H]1c1ccc(OC)cc1. The van der Waals surface area contributed by atoms with Gasteiger partial charge in [-0.15, -0.1) is 6.58 Å². The molecular weight excluding hydrogens is 290 g/mol. The van der Waals surface area contributed by atoms with E-state index in [1.165, 1.54) is 0 Å². The number of hydrogen-bond donors (Lipinski definition) is 0. The third-order valence-corrected chi connectivity index (χ3v) is 4.20. The van der Waals surface area contributed by atoms with E-state index in [1.54, 1.807) is 25.2 Å². The van der Waals surface area contributed by atoms with Crippen LogP contribution in [0.5, 0.6) is 11.5 Å². The van der Waals surface area contributed by atoms with Gasteiger partial charge in [0.2, 0.25) is 5.91 Å². The molecule has 0 bridgehead atoms. The maximum atomic E-state index is 12.5. The predicted molar refractivity (Wildman–Crippen MR) is 89.9 cm³/mol. The first kappa shape index (κ1) is 15.2. The monoisotopic (exact) mass is 309 g/mol. The smallest absolute Gasteiger partial charge is 0.236 e. The van der Waals surface area contributed by atoms with E-state index in [1.807, 2.05) is 48.5 Å². The summed E-state index contributed by atoms with van der Waals surface area (Å²) < 4.78 is 10.4. The quantitative estimate of drug-likeness (QED) is 0.626. The highest BCUT2D eigenvalue weighted by Crippen LogP contribution is 2.44. The Morgan fingerprint density at radius 3 is 1.96 bits per heavy atom. The molecule has 4 heteroatoms. The molecule has 0 spiro atoms. The molecule has 2 aromatic rings. The van der Waals surface area contributed by atoms with Gasteiger partial charge in [-0.25, -0.2) is 0 Å². The zero-order valence-electron chi connectivity index (χ0n) is 13.2. The molecule has 1 saturated heterocycles. The van der Waals surface area contributed by atoms with E-state index in [0.29, 0.717) is 0 Å². The van der Waals surface area contributed by atoms with Gasteiger partial charge in [0.25, 0.3) is 0 Å². The summed E-state index contributed by atoms with van der Waals surface area (Å²) in [5, 5.41) is 0. The van der Waals surface area contributed by atoms with Crippen LogP contribution in [0.4, 0.5) is 5.69 Å². The normalized spacial score (nSPS) is 19.9. The number of rotatable bonds is 5. The third kappa shape index (κ3) is 2.57. The molecule has 3 rings (SSSR count). The largest absolute Gasteiger partial charge is 0.497 e. The number of carbonyl (C=O) groups excluding carboxylic acids is 1. The molecule has 1 heterocycles. The minimum Gasteiger partial charge on any atom is -0.497 e. The Balaban J connectivity index is 1.93. The van der Waals surface area contributed by atoms with Crippen LogP contribution in [0.1, 0.15) is 11.6 Å². The first-order valence-corrected chi connectivity index (χ1v) is 7.43. The lowest BCUT2D eigenvalue weighted by molar-refractivity contribution is -0.128. The summed E-state index contributed by atoms with van der Waals surface area (Å²) in [6.07, 6.45) is 1.72. The van der Waals surface area contributed by atoms with Crippen molar-refractivity contribution in [3.05, 3.63) is 66.7 Å². The first-order chi connectivity index (χ1) is 11.2. The third-order valence-electron chi connectivity index (χ3n) is 4.20. The number of benzene rings is 2.